The van der Waals surface area contributed by atoms with Crippen LogP contribution in [0.25, 0.3) is 0 Å². The van der Waals surface area contributed by atoms with Crippen molar-refractivity contribution in [1.29, 1.82) is 0 Å². The normalized spacial score (nSPS) is 11.4. The molecule has 0 atom stereocenters. The highest BCUT2D eigenvalue weighted by Gasteiger charge is 2.37. The maximum Gasteiger partial charge on any atom is 0.417 e. The number of rotatable bonds is 2. The van der Waals surface area contributed by atoms with Gasteiger partial charge in [0, 0.05) is 7.05 Å². The van der Waals surface area contributed by atoms with Crippen molar-refractivity contribution in [1.82, 2.24) is 5.06 Å². The van der Waals surface area contributed by atoms with Gasteiger partial charge in [-0.2, -0.15) is 13.2 Å². The molecule has 1 amide bonds. The lowest BCUT2D eigenvalue weighted by Crippen LogP contribution is -2.29. The fraction of sp³-hybridized carbons (Fsp3) is 0.300. The fourth-order valence-corrected chi connectivity index (χ4v) is 1.22. The maximum atomic E-state index is 13.3. The summed E-state index contributed by atoms with van der Waals surface area (Å²) in [5.74, 6) is -2.44. The van der Waals surface area contributed by atoms with Gasteiger partial charge in [-0.15, -0.1) is 0 Å². The monoisotopic (exact) mass is 251 g/mol. The second-order valence-corrected chi connectivity index (χ2v) is 3.15. The third kappa shape index (κ3) is 2.73. The second-order valence-electron chi connectivity index (χ2n) is 3.15. The van der Waals surface area contributed by atoms with Crippen LogP contribution in [-0.4, -0.2) is 25.1 Å². The van der Waals surface area contributed by atoms with E-state index in [1.807, 2.05) is 0 Å². The minimum atomic E-state index is -4.80. The van der Waals surface area contributed by atoms with Gasteiger partial charge in [0.2, 0.25) is 0 Å². The van der Waals surface area contributed by atoms with Crippen LogP contribution in [0.4, 0.5) is 17.6 Å². The number of nitrogens with zero attached hydrogens (tertiary/aromatic N) is 1. The zero-order chi connectivity index (χ0) is 13.2. The van der Waals surface area contributed by atoms with Gasteiger partial charge in [-0.25, -0.2) is 9.45 Å². The Morgan fingerprint density at radius 3 is 2.41 bits per heavy atom. The Hall–Kier alpha value is -1.63. The Balaban J connectivity index is 3.36. The summed E-state index contributed by atoms with van der Waals surface area (Å²) in [6, 6.07) is 2.31. The molecule has 1 aromatic carbocycles. The highest BCUT2D eigenvalue weighted by Crippen LogP contribution is 2.33. The quantitative estimate of drug-likeness (QED) is 0.597. The molecule has 0 aromatic heterocycles. The standard InChI is InChI=1S/C10H9F4NO2/c1-15(17-2)9(16)8-6(10(12,13)14)4-3-5-7(8)11/h3-5H,1-2H3. The lowest BCUT2D eigenvalue weighted by molar-refractivity contribution is -0.138. The fourth-order valence-electron chi connectivity index (χ4n) is 1.22. The summed E-state index contributed by atoms with van der Waals surface area (Å²) in [4.78, 5) is 16.0. The van der Waals surface area contributed by atoms with Crippen molar-refractivity contribution in [2.24, 2.45) is 0 Å². The van der Waals surface area contributed by atoms with Crippen LogP contribution in [0.5, 0.6) is 0 Å². The van der Waals surface area contributed by atoms with Crippen LogP contribution in [0.1, 0.15) is 15.9 Å². The van der Waals surface area contributed by atoms with Crippen LogP contribution >= 0.6 is 0 Å². The number of hydrogen-bond donors (Lipinski definition) is 0. The van der Waals surface area contributed by atoms with Gasteiger partial charge < -0.3 is 0 Å². The first-order chi connectivity index (χ1) is 7.79. The minimum absolute atomic E-state index is 0.521. The third-order valence-electron chi connectivity index (χ3n) is 2.09. The van der Waals surface area contributed by atoms with Crippen molar-refractivity contribution in [2.45, 2.75) is 6.18 Å². The molecule has 7 heteroatoms. The van der Waals surface area contributed by atoms with Crippen molar-refractivity contribution in [3.63, 3.8) is 0 Å². The molecule has 0 bridgehead atoms. The summed E-state index contributed by atoms with van der Waals surface area (Å²) in [7, 11) is 2.18. The van der Waals surface area contributed by atoms with Gasteiger partial charge in [-0.3, -0.25) is 9.63 Å². The summed E-state index contributed by atoms with van der Waals surface area (Å²) in [6.07, 6.45) is -4.80. The van der Waals surface area contributed by atoms with Gasteiger partial charge in [0.15, 0.2) is 0 Å². The van der Waals surface area contributed by atoms with Gasteiger partial charge in [0.25, 0.3) is 5.91 Å². The van der Waals surface area contributed by atoms with E-state index < -0.39 is 29.0 Å². The summed E-state index contributed by atoms with van der Waals surface area (Å²) in [5.41, 5.74) is -2.38. The summed E-state index contributed by atoms with van der Waals surface area (Å²) in [6.45, 7) is 0. The number of amides is 1. The van der Waals surface area contributed by atoms with Crippen molar-refractivity contribution >= 4 is 5.91 Å². The van der Waals surface area contributed by atoms with E-state index >= 15 is 0 Å². The molecule has 17 heavy (non-hydrogen) atoms. The molecular weight excluding hydrogens is 242 g/mol. The highest BCUT2D eigenvalue weighted by atomic mass is 19.4. The molecule has 1 rings (SSSR count). The van der Waals surface area contributed by atoms with E-state index in [9.17, 15) is 22.4 Å². The van der Waals surface area contributed by atoms with Crippen molar-refractivity contribution in [3.8, 4) is 0 Å². The zero-order valence-corrected chi connectivity index (χ0v) is 9.01. The lowest BCUT2D eigenvalue weighted by Gasteiger charge is -2.17. The summed E-state index contributed by atoms with van der Waals surface area (Å²) >= 11 is 0. The molecule has 0 radical (unpaired) electrons. The molecule has 0 fully saturated rings. The molecule has 94 valence electrons. The van der Waals surface area contributed by atoms with Crippen LogP contribution < -0.4 is 0 Å². The Bertz CT molecular complexity index is 431. The largest absolute Gasteiger partial charge is 0.417 e. The summed E-state index contributed by atoms with van der Waals surface area (Å²) < 4.78 is 51.1. The Kier molecular flexibility index (Phi) is 3.72. The van der Waals surface area contributed by atoms with Crippen LogP contribution in [-0.2, 0) is 11.0 Å². The number of halogens is 4. The lowest BCUT2D eigenvalue weighted by atomic mass is 10.1. The average Bonchev–Trinajstić information content (AvgIpc) is 2.25. The SMILES string of the molecule is CON(C)C(=O)c1c(F)cccc1C(F)(F)F. The smallest absolute Gasteiger partial charge is 0.274 e. The van der Waals surface area contributed by atoms with Crippen LogP contribution in [0.3, 0.4) is 0 Å². The van der Waals surface area contributed by atoms with Crippen molar-refractivity contribution in [2.75, 3.05) is 14.2 Å². The number of hydrogen-bond acceptors (Lipinski definition) is 2. The molecule has 0 aliphatic carbocycles. The topological polar surface area (TPSA) is 29.5 Å². The molecule has 3 nitrogen and oxygen atoms in total. The van der Waals surface area contributed by atoms with E-state index in [0.717, 1.165) is 26.3 Å². The number of hydroxylamine groups is 2. The number of benzene rings is 1. The van der Waals surface area contributed by atoms with E-state index in [2.05, 4.69) is 4.84 Å². The number of alkyl halides is 3. The molecule has 0 saturated carbocycles. The first-order valence-corrected chi connectivity index (χ1v) is 4.47. The zero-order valence-electron chi connectivity index (χ0n) is 9.01. The number of carbonyl (C=O) groups is 1. The van der Waals surface area contributed by atoms with E-state index in [4.69, 9.17) is 0 Å². The molecule has 0 aliphatic rings. The highest BCUT2D eigenvalue weighted by molar-refractivity contribution is 5.95. The van der Waals surface area contributed by atoms with E-state index in [0.29, 0.717) is 11.1 Å². The van der Waals surface area contributed by atoms with Gasteiger partial charge in [-0.1, -0.05) is 6.07 Å². The predicted molar refractivity (Wildman–Crippen MR) is 50.5 cm³/mol. The van der Waals surface area contributed by atoms with Gasteiger partial charge >= 0.3 is 6.18 Å². The van der Waals surface area contributed by atoms with Crippen LogP contribution in [0, 0.1) is 5.82 Å². The van der Waals surface area contributed by atoms with Gasteiger partial charge in [0.1, 0.15) is 5.82 Å². The molecule has 0 N–H and O–H groups in total. The summed E-state index contributed by atoms with van der Waals surface area (Å²) in [5, 5.41) is 0.521. The molecule has 0 unspecified atom stereocenters. The van der Waals surface area contributed by atoms with Gasteiger partial charge in [0.05, 0.1) is 18.2 Å². The van der Waals surface area contributed by atoms with Gasteiger partial charge in [-0.05, 0) is 12.1 Å². The minimum Gasteiger partial charge on any atom is -0.274 e. The van der Waals surface area contributed by atoms with Crippen LogP contribution in [0.2, 0.25) is 0 Å². The third-order valence-corrected chi connectivity index (χ3v) is 2.09. The Morgan fingerprint density at radius 1 is 1.35 bits per heavy atom. The molecule has 0 aliphatic heterocycles. The van der Waals surface area contributed by atoms with Crippen molar-refractivity contribution in [3.05, 3.63) is 35.1 Å². The predicted octanol–water partition coefficient (Wildman–Crippen LogP) is 2.48. The first-order valence-electron chi connectivity index (χ1n) is 4.47. The second kappa shape index (κ2) is 4.70. The first kappa shape index (κ1) is 13.4. The molecular formula is C10H9F4NO2. The van der Waals surface area contributed by atoms with Crippen LogP contribution in [0.15, 0.2) is 18.2 Å². The molecule has 0 spiro atoms. The average molecular weight is 251 g/mol. The molecule has 1 aromatic rings. The van der Waals surface area contributed by atoms with Crippen molar-refractivity contribution < 1.29 is 27.2 Å². The van der Waals surface area contributed by atoms with E-state index in [1.165, 1.54) is 0 Å². The van der Waals surface area contributed by atoms with E-state index in [1.54, 1.807) is 0 Å². The Morgan fingerprint density at radius 2 is 1.94 bits per heavy atom. The maximum absolute atomic E-state index is 13.3. The Labute approximate surface area is 94.5 Å². The molecule has 0 saturated heterocycles. The molecule has 0 heterocycles. The van der Waals surface area contributed by atoms with E-state index in [-0.39, 0.29) is 0 Å². The number of carbonyl (C=O) groups excluding carboxylic acids is 1.